The molecule has 1 fully saturated rings. The lowest BCUT2D eigenvalue weighted by Gasteiger charge is -2.32. The Morgan fingerprint density at radius 2 is 2.03 bits per heavy atom. The molecular weight excluding hydrogens is 440 g/mol. The van der Waals surface area contributed by atoms with Crippen molar-refractivity contribution in [2.24, 2.45) is 0 Å². The van der Waals surface area contributed by atoms with Gasteiger partial charge in [-0.25, -0.2) is 4.68 Å². The summed E-state index contributed by atoms with van der Waals surface area (Å²) in [6.07, 6.45) is 9.48. The van der Waals surface area contributed by atoms with Crippen LogP contribution in [0.3, 0.4) is 0 Å². The summed E-state index contributed by atoms with van der Waals surface area (Å²) >= 11 is 0. The number of fused-ring (bicyclic) bond motifs is 1. The number of benzene rings is 1. The molecule has 1 saturated carbocycles. The van der Waals surface area contributed by atoms with E-state index in [0.29, 0.717) is 19.1 Å². The Labute approximate surface area is 205 Å². The van der Waals surface area contributed by atoms with E-state index in [4.69, 9.17) is 4.42 Å². The number of pyridine rings is 1. The van der Waals surface area contributed by atoms with Crippen LogP contribution in [0, 0.1) is 6.92 Å². The fraction of sp³-hybridized carbons (Fsp3) is 0.481. The summed E-state index contributed by atoms with van der Waals surface area (Å²) in [5, 5.41) is 14.1. The lowest BCUT2D eigenvalue weighted by molar-refractivity contribution is 0.139. The van der Waals surface area contributed by atoms with Crippen molar-refractivity contribution in [3.8, 4) is 0 Å². The predicted molar refractivity (Wildman–Crippen MR) is 135 cm³/mol. The Kier molecular flexibility index (Phi) is 7.08. The summed E-state index contributed by atoms with van der Waals surface area (Å²) in [6.45, 7) is 5.24. The average Bonchev–Trinajstić information content (AvgIpc) is 3.56. The number of nitrogens with zero attached hydrogens (tertiary/aromatic N) is 5. The standard InChI is InChI=1S/C27H34N6O2/c1-3-9-24(26-29-30-31-33(26)22-12-5-4-6-13-22)32(18-23-14-8-15-35-23)17-21-16-20-11-7-10-19(2)25(20)28-27(21)34/h7-8,10-11,14-16,22,24H,3-6,9,12-13,17-18H2,1-2H3,(H,28,34)/t24-/m1/s1. The Morgan fingerprint density at radius 1 is 1.17 bits per heavy atom. The highest BCUT2D eigenvalue weighted by Gasteiger charge is 2.30. The fourth-order valence-electron chi connectivity index (χ4n) is 5.40. The first-order chi connectivity index (χ1) is 17.1. The van der Waals surface area contributed by atoms with Crippen LogP contribution in [0.15, 0.2) is 51.9 Å². The summed E-state index contributed by atoms with van der Waals surface area (Å²) in [4.78, 5) is 18.6. The van der Waals surface area contributed by atoms with Crippen molar-refractivity contribution in [3.05, 3.63) is 75.7 Å². The lowest BCUT2D eigenvalue weighted by atomic mass is 9.95. The molecule has 0 aliphatic heterocycles. The minimum atomic E-state index is -0.0571. The van der Waals surface area contributed by atoms with Gasteiger partial charge >= 0.3 is 0 Å². The van der Waals surface area contributed by atoms with E-state index in [0.717, 1.165) is 59.3 Å². The Hall–Kier alpha value is -3.26. The molecule has 8 nitrogen and oxygen atoms in total. The number of hydrogen-bond acceptors (Lipinski definition) is 6. The van der Waals surface area contributed by atoms with E-state index < -0.39 is 0 Å². The number of furan rings is 1. The van der Waals surface area contributed by atoms with Gasteiger partial charge in [0.15, 0.2) is 5.82 Å². The van der Waals surface area contributed by atoms with Gasteiger partial charge in [-0.2, -0.15) is 0 Å². The number of rotatable bonds is 9. The van der Waals surface area contributed by atoms with Crippen LogP contribution in [0.4, 0.5) is 0 Å². The van der Waals surface area contributed by atoms with E-state index in [1.807, 2.05) is 43.3 Å². The maximum absolute atomic E-state index is 13.2. The van der Waals surface area contributed by atoms with Crippen molar-refractivity contribution in [2.45, 2.75) is 84.0 Å². The first kappa shape index (κ1) is 23.5. The zero-order valence-corrected chi connectivity index (χ0v) is 20.6. The van der Waals surface area contributed by atoms with E-state index in [-0.39, 0.29) is 11.6 Å². The van der Waals surface area contributed by atoms with Crippen LogP contribution in [-0.2, 0) is 13.1 Å². The van der Waals surface area contributed by atoms with Gasteiger partial charge in [0.25, 0.3) is 5.56 Å². The van der Waals surface area contributed by atoms with Crippen LogP contribution >= 0.6 is 0 Å². The fourth-order valence-corrected chi connectivity index (χ4v) is 5.40. The molecule has 0 unspecified atom stereocenters. The molecule has 0 radical (unpaired) electrons. The summed E-state index contributed by atoms with van der Waals surface area (Å²) in [6, 6.07) is 12.3. The monoisotopic (exact) mass is 474 g/mol. The highest BCUT2D eigenvalue weighted by molar-refractivity contribution is 5.81. The van der Waals surface area contributed by atoms with E-state index in [1.54, 1.807) is 6.26 Å². The predicted octanol–water partition coefficient (Wildman–Crippen LogP) is 5.46. The highest BCUT2D eigenvalue weighted by Crippen LogP contribution is 2.33. The molecule has 0 bridgehead atoms. The third-order valence-corrected chi connectivity index (χ3v) is 7.22. The molecule has 35 heavy (non-hydrogen) atoms. The van der Waals surface area contributed by atoms with Crippen LogP contribution in [0.2, 0.25) is 0 Å². The van der Waals surface area contributed by atoms with Gasteiger partial charge in [-0.05, 0) is 65.8 Å². The molecule has 3 aromatic heterocycles. The molecule has 0 amide bonds. The summed E-state index contributed by atoms with van der Waals surface area (Å²) in [5.41, 5.74) is 2.63. The Bertz CT molecular complexity index is 1300. The molecule has 184 valence electrons. The first-order valence-electron chi connectivity index (χ1n) is 12.8. The number of aryl methyl sites for hydroxylation is 1. The molecule has 1 aliphatic rings. The second-order valence-electron chi connectivity index (χ2n) is 9.73. The number of H-pyrrole nitrogens is 1. The molecule has 0 spiro atoms. The lowest BCUT2D eigenvalue weighted by Crippen LogP contribution is -2.33. The number of aromatic amines is 1. The van der Waals surface area contributed by atoms with Gasteiger partial charge in [0.1, 0.15) is 5.76 Å². The molecule has 0 saturated heterocycles. The van der Waals surface area contributed by atoms with Gasteiger partial charge in [-0.3, -0.25) is 9.69 Å². The third-order valence-electron chi connectivity index (χ3n) is 7.22. The van der Waals surface area contributed by atoms with E-state index in [9.17, 15) is 4.79 Å². The van der Waals surface area contributed by atoms with Crippen molar-refractivity contribution in [2.75, 3.05) is 0 Å². The highest BCUT2D eigenvalue weighted by atomic mass is 16.3. The normalized spacial score (nSPS) is 15.7. The molecule has 4 aromatic rings. The van der Waals surface area contributed by atoms with E-state index in [1.165, 1.54) is 19.3 Å². The number of tetrazole rings is 1. The van der Waals surface area contributed by atoms with Crippen LogP contribution in [0.25, 0.3) is 10.9 Å². The molecule has 3 heterocycles. The number of para-hydroxylation sites is 1. The van der Waals surface area contributed by atoms with Crippen molar-refractivity contribution in [3.63, 3.8) is 0 Å². The van der Waals surface area contributed by atoms with Crippen molar-refractivity contribution < 1.29 is 4.42 Å². The Morgan fingerprint density at radius 3 is 2.80 bits per heavy atom. The van der Waals surface area contributed by atoms with Crippen LogP contribution in [0.5, 0.6) is 0 Å². The van der Waals surface area contributed by atoms with Gasteiger partial charge in [0, 0.05) is 12.1 Å². The Balaban J connectivity index is 1.53. The second kappa shape index (κ2) is 10.6. The largest absolute Gasteiger partial charge is 0.468 e. The van der Waals surface area contributed by atoms with Gasteiger partial charge in [0.2, 0.25) is 0 Å². The molecular formula is C27H34N6O2. The molecule has 8 heteroatoms. The zero-order chi connectivity index (χ0) is 24.2. The van der Waals surface area contributed by atoms with Gasteiger partial charge in [-0.15, -0.1) is 5.10 Å². The van der Waals surface area contributed by atoms with Gasteiger partial charge in [-0.1, -0.05) is 50.8 Å². The van der Waals surface area contributed by atoms with Gasteiger partial charge in [0.05, 0.1) is 30.4 Å². The molecule has 5 rings (SSSR count). The number of nitrogens with one attached hydrogen (secondary N) is 1. The maximum Gasteiger partial charge on any atom is 0.252 e. The molecule has 1 aliphatic carbocycles. The molecule has 1 aromatic carbocycles. The van der Waals surface area contributed by atoms with Crippen LogP contribution in [-0.4, -0.2) is 30.1 Å². The summed E-state index contributed by atoms with van der Waals surface area (Å²) < 4.78 is 7.78. The van der Waals surface area contributed by atoms with Crippen molar-refractivity contribution >= 4 is 10.9 Å². The topological polar surface area (TPSA) is 92.8 Å². The number of aromatic nitrogens is 5. The van der Waals surface area contributed by atoms with Gasteiger partial charge < -0.3 is 9.40 Å². The minimum Gasteiger partial charge on any atom is -0.468 e. The number of hydrogen-bond donors (Lipinski definition) is 1. The average molecular weight is 475 g/mol. The van der Waals surface area contributed by atoms with E-state index in [2.05, 4.69) is 37.0 Å². The SMILES string of the molecule is CCC[C@H](c1nnnn1C1CCCCC1)N(Cc1ccco1)Cc1cc2cccc(C)c2[nH]c1=O. The third kappa shape index (κ3) is 5.07. The van der Waals surface area contributed by atoms with Crippen LogP contribution < -0.4 is 5.56 Å². The summed E-state index contributed by atoms with van der Waals surface area (Å²) in [5.74, 6) is 1.74. The second-order valence-corrected chi connectivity index (χ2v) is 9.73. The first-order valence-corrected chi connectivity index (χ1v) is 12.8. The summed E-state index contributed by atoms with van der Waals surface area (Å²) in [7, 11) is 0. The van der Waals surface area contributed by atoms with Crippen molar-refractivity contribution in [1.82, 2.24) is 30.1 Å². The maximum atomic E-state index is 13.2. The van der Waals surface area contributed by atoms with Crippen molar-refractivity contribution in [1.29, 1.82) is 0 Å². The molecule has 1 N–H and O–H groups in total. The smallest absolute Gasteiger partial charge is 0.252 e. The minimum absolute atomic E-state index is 0.0327. The quantitative estimate of drug-likeness (QED) is 0.346. The molecule has 1 atom stereocenters. The zero-order valence-electron chi connectivity index (χ0n) is 20.6. The van der Waals surface area contributed by atoms with Crippen LogP contribution in [0.1, 0.15) is 86.7 Å². The van der Waals surface area contributed by atoms with E-state index >= 15 is 0 Å².